The summed E-state index contributed by atoms with van der Waals surface area (Å²) >= 11 is 0. The fourth-order valence-electron chi connectivity index (χ4n) is 4.91. The molecule has 2 aliphatic rings. The molecule has 28 heavy (non-hydrogen) atoms. The van der Waals surface area contributed by atoms with Crippen LogP contribution in [0.15, 0.2) is 66.2 Å². The molecular weight excluding hydrogens is 342 g/mol. The minimum Gasteiger partial charge on any atom is -0.369 e. The molecule has 0 aromatic heterocycles. The number of benzene rings is 2. The highest BCUT2D eigenvalue weighted by molar-refractivity contribution is 5.30. The largest absolute Gasteiger partial charge is 0.369 e. The molecule has 2 unspecified atom stereocenters. The van der Waals surface area contributed by atoms with Gasteiger partial charge in [-0.2, -0.15) is 0 Å². The number of fused-ring (bicyclic) bond motifs is 1. The van der Waals surface area contributed by atoms with E-state index in [-0.39, 0.29) is 6.10 Å². The van der Waals surface area contributed by atoms with Gasteiger partial charge in [0.15, 0.2) is 0 Å². The van der Waals surface area contributed by atoms with Crippen LogP contribution in [0, 0.1) is 5.92 Å². The van der Waals surface area contributed by atoms with Gasteiger partial charge in [-0.3, -0.25) is 0 Å². The van der Waals surface area contributed by atoms with Gasteiger partial charge in [-0.25, -0.2) is 0 Å². The van der Waals surface area contributed by atoms with E-state index in [1.807, 2.05) is 7.05 Å². The number of hydrogen-bond acceptors (Lipinski definition) is 2. The summed E-state index contributed by atoms with van der Waals surface area (Å²) in [6.45, 7) is 1.63. The van der Waals surface area contributed by atoms with E-state index in [4.69, 9.17) is 4.74 Å². The second-order valence-corrected chi connectivity index (χ2v) is 8.38. The van der Waals surface area contributed by atoms with Gasteiger partial charge in [0.05, 0.1) is 12.7 Å². The number of rotatable bonds is 8. The molecule has 2 heteroatoms. The van der Waals surface area contributed by atoms with Crippen LogP contribution >= 0.6 is 0 Å². The first-order valence-corrected chi connectivity index (χ1v) is 10.9. The molecule has 0 radical (unpaired) electrons. The van der Waals surface area contributed by atoms with Crippen molar-refractivity contribution >= 4 is 0 Å². The molecule has 2 aromatic rings. The lowest BCUT2D eigenvalue weighted by atomic mass is 9.79. The molecule has 0 bridgehead atoms. The SMILES string of the molecule is CNCC[C@H](OCc1cccc(C2CC=C3CCCC3C2)c1)c1ccccc1. The molecule has 2 nitrogen and oxygen atoms in total. The highest BCUT2D eigenvalue weighted by Gasteiger charge is 2.28. The van der Waals surface area contributed by atoms with E-state index in [0.29, 0.717) is 12.5 Å². The molecule has 4 rings (SSSR count). The third-order valence-corrected chi connectivity index (χ3v) is 6.48. The Morgan fingerprint density at radius 1 is 1.07 bits per heavy atom. The van der Waals surface area contributed by atoms with Crippen LogP contribution in [0.1, 0.15) is 67.2 Å². The zero-order chi connectivity index (χ0) is 19.2. The molecule has 3 atom stereocenters. The Bertz CT molecular complexity index is 782. The summed E-state index contributed by atoms with van der Waals surface area (Å²) in [6, 6.07) is 19.7. The molecule has 2 aliphatic carbocycles. The smallest absolute Gasteiger partial charge is 0.0841 e. The summed E-state index contributed by atoms with van der Waals surface area (Å²) in [7, 11) is 2.00. The zero-order valence-electron chi connectivity index (χ0n) is 17.1. The lowest BCUT2D eigenvalue weighted by molar-refractivity contribution is 0.0343. The number of ether oxygens (including phenoxy) is 1. The molecule has 1 N–H and O–H groups in total. The topological polar surface area (TPSA) is 21.3 Å². The molecule has 148 valence electrons. The molecular formula is C26H33NO. The van der Waals surface area contributed by atoms with Gasteiger partial charge in [-0.05, 0) is 80.6 Å². The summed E-state index contributed by atoms with van der Waals surface area (Å²) in [4.78, 5) is 0. The first-order valence-electron chi connectivity index (χ1n) is 10.9. The number of hydrogen-bond donors (Lipinski definition) is 1. The fourth-order valence-corrected chi connectivity index (χ4v) is 4.91. The van der Waals surface area contributed by atoms with E-state index >= 15 is 0 Å². The summed E-state index contributed by atoms with van der Waals surface area (Å²) in [5.74, 6) is 1.53. The maximum atomic E-state index is 6.38. The Morgan fingerprint density at radius 2 is 1.96 bits per heavy atom. The quantitative estimate of drug-likeness (QED) is 0.558. The first-order chi connectivity index (χ1) is 13.8. The molecule has 0 spiro atoms. The van der Waals surface area contributed by atoms with Crippen molar-refractivity contribution in [3.05, 3.63) is 82.9 Å². The van der Waals surface area contributed by atoms with Crippen molar-refractivity contribution in [1.29, 1.82) is 0 Å². The second-order valence-electron chi connectivity index (χ2n) is 8.38. The average Bonchev–Trinajstić information content (AvgIpc) is 3.22. The summed E-state index contributed by atoms with van der Waals surface area (Å²) < 4.78 is 6.38. The standard InChI is InChI=1S/C26H33NO/c1-27-16-15-26(22-8-3-2-4-9-22)28-19-20-7-5-11-23(17-20)25-14-13-21-10-6-12-24(21)18-25/h2-5,7-9,11,13,17,24-27H,6,10,12,14-16,18-19H2,1H3/t24?,25?,26-/m0/s1. The Labute approximate surface area is 170 Å². The van der Waals surface area contributed by atoms with Gasteiger partial charge in [0.25, 0.3) is 0 Å². The van der Waals surface area contributed by atoms with Crippen molar-refractivity contribution in [2.75, 3.05) is 13.6 Å². The Morgan fingerprint density at radius 3 is 2.82 bits per heavy atom. The molecule has 0 amide bonds. The maximum absolute atomic E-state index is 6.38. The summed E-state index contributed by atoms with van der Waals surface area (Å²) in [5, 5.41) is 3.25. The predicted molar refractivity (Wildman–Crippen MR) is 116 cm³/mol. The average molecular weight is 376 g/mol. The maximum Gasteiger partial charge on any atom is 0.0841 e. The minimum atomic E-state index is 0.135. The van der Waals surface area contributed by atoms with Crippen LogP contribution in [0.5, 0.6) is 0 Å². The van der Waals surface area contributed by atoms with E-state index in [1.165, 1.54) is 48.8 Å². The van der Waals surface area contributed by atoms with E-state index in [0.717, 1.165) is 18.9 Å². The highest BCUT2D eigenvalue weighted by atomic mass is 16.5. The monoisotopic (exact) mass is 375 g/mol. The van der Waals surface area contributed by atoms with E-state index < -0.39 is 0 Å². The van der Waals surface area contributed by atoms with Crippen molar-refractivity contribution < 1.29 is 4.74 Å². The van der Waals surface area contributed by atoms with E-state index in [1.54, 1.807) is 5.57 Å². The van der Waals surface area contributed by atoms with Crippen LogP contribution in [-0.4, -0.2) is 13.6 Å². The molecule has 0 aliphatic heterocycles. The van der Waals surface area contributed by atoms with Crippen LogP contribution in [0.2, 0.25) is 0 Å². The molecule has 0 saturated heterocycles. The predicted octanol–water partition coefficient (Wildman–Crippen LogP) is 6.16. The fraction of sp³-hybridized carbons (Fsp3) is 0.462. The van der Waals surface area contributed by atoms with Crippen LogP contribution in [0.25, 0.3) is 0 Å². The molecule has 0 heterocycles. The van der Waals surface area contributed by atoms with Gasteiger partial charge < -0.3 is 10.1 Å². The van der Waals surface area contributed by atoms with Crippen molar-refractivity contribution in [3.63, 3.8) is 0 Å². The third-order valence-electron chi connectivity index (χ3n) is 6.48. The zero-order valence-corrected chi connectivity index (χ0v) is 17.1. The van der Waals surface area contributed by atoms with Gasteiger partial charge in [0.2, 0.25) is 0 Å². The van der Waals surface area contributed by atoms with Crippen molar-refractivity contribution in [2.45, 2.75) is 57.2 Å². The van der Waals surface area contributed by atoms with Gasteiger partial charge in [0, 0.05) is 0 Å². The Hall–Kier alpha value is -1.90. The lowest BCUT2D eigenvalue weighted by Gasteiger charge is -2.26. The molecule has 1 fully saturated rings. The number of allylic oxidation sites excluding steroid dienone is 2. The first kappa shape index (κ1) is 19.4. The molecule has 2 aromatic carbocycles. The van der Waals surface area contributed by atoms with E-state index in [9.17, 15) is 0 Å². The van der Waals surface area contributed by atoms with Gasteiger partial charge in [0.1, 0.15) is 0 Å². The summed E-state index contributed by atoms with van der Waals surface area (Å²) in [5.41, 5.74) is 5.80. The second kappa shape index (κ2) is 9.54. The van der Waals surface area contributed by atoms with Crippen LogP contribution in [0.4, 0.5) is 0 Å². The van der Waals surface area contributed by atoms with E-state index in [2.05, 4.69) is 66.0 Å². The normalized spacial score (nSPS) is 22.5. The van der Waals surface area contributed by atoms with Crippen molar-refractivity contribution in [1.82, 2.24) is 5.32 Å². The lowest BCUT2D eigenvalue weighted by Crippen LogP contribution is -2.14. The third kappa shape index (κ3) is 4.74. The van der Waals surface area contributed by atoms with Gasteiger partial charge >= 0.3 is 0 Å². The van der Waals surface area contributed by atoms with Crippen LogP contribution in [0.3, 0.4) is 0 Å². The number of nitrogens with one attached hydrogen (secondary N) is 1. The van der Waals surface area contributed by atoms with Crippen LogP contribution < -0.4 is 5.32 Å². The Balaban J connectivity index is 1.41. The van der Waals surface area contributed by atoms with Gasteiger partial charge in [-0.1, -0.05) is 66.2 Å². The Kier molecular flexibility index (Phi) is 6.61. The van der Waals surface area contributed by atoms with Crippen LogP contribution in [-0.2, 0) is 11.3 Å². The molecule has 1 saturated carbocycles. The minimum absolute atomic E-state index is 0.135. The van der Waals surface area contributed by atoms with Gasteiger partial charge in [-0.15, -0.1) is 0 Å². The van der Waals surface area contributed by atoms with Crippen molar-refractivity contribution in [3.8, 4) is 0 Å². The summed E-state index contributed by atoms with van der Waals surface area (Å²) in [6.07, 6.45) is 10.3. The highest BCUT2D eigenvalue weighted by Crippen LogP contribution is 2.44. The van der Waals surface area contributed by atoms with Crippen molar-refractivity contribution in [2.24, 2.45) is 5.92 Å².